The van der Waals surface area contributed by atoms with Gasteiger partial charge in [-0.25, -0.2) is 4.98 Å². The summed E-state index contributed by atoms with van der Waals surface area (Å²) in [5.41, 5.74) is 6.28. The fourth-order valence-electron chi connectivity index (χ4n) is 1.76. The lowest BCUT2D eigenvalue weighted by molar-refractivity contribution is 0.0937. The zero-order chi connectivity index (χ0) is 15.1. The lowest BCUT2D eigenvalue weighted by Gasteiger charge is -2.07. The summed E-state index contributed by atoms with van der Waals surface area (Å²) < 4.78 is 5.47. The number of aryl methyl sites for hydroxylation is 1. The van der Waals surface area contributed by atoms with Gasteiger partial charge in [-0.1, -0.05) is 13.0 Å². The first-order valence-corrected chi connectivity index (χ1v) is 6.87. The molecule has 0 atom stereocenters. The van der Waals surface area contributed by atoms with E-state index in [-0.39, 0.29) is 11.7 Å². The number of hydrogen-bond acceptors (Lipinski definition) is 5. The van der Waals surface area contributed by atoms with Gasteiger partial charge in [-0.2, -0.15) is 0 Å². The highest BCUT2D eigenvalue weighted by atomic mass is 16.5. The molecular formula is C14H19N5O2. The van der Waals surface area contributed by atoms with Crippen molar-refractivity contribution < 1.29 is 9.53 Å². The number of nitrogens with two attached hydrogens (primary N) is 1. The van der Waals surface area contributed by atoms with Gasteiger partial charge in [0.2, 0.25) is 5.82 Å². The SMILES string of the molecule is CCCc1nc(C(=O)NCCOc2cccc(N)c2)n[nH]1. The Morgan fingerprint density at radius 2 is 2.33 bits per heavy atom. The van der Waals surface area contributed by atoms with Gasteiger partial charge >= 0.3 is 0 Å². The summed E-state index contributed by atoms with van der Waals surface area (Å²) in [5.74, 6) is 1.23. The lowest BCUT2D eigenvalue weighted by atomic mass is 10.3. The second kappa shape index (κ2) is 7.28. The van der Waals surface area contributed by atoms with Gasteiger partial charge in [-0.15, -0.1) is 5.10 Å². The number of rotatable bonds is 7. The van der Waals surface area contributed by atoms with Crippen molar-refractivity contribution >= 4 is 11.6 Å². The molecular weight excluding hydrogens is 270 g/mol. The lowest BCUT2D eigenvalue weighted by Crippen LogP contribution is -2.29. The van der Waals surface area contributed by atoms with E-state index in [2.05, 4.69) is 20.5 Å². The van der Waals surface area contributed by atoms with E-state index in [0.29, 0.717) is 24.6 Å². The van der Waals surface area contributed by atoms with Crippen LogP contribution in [0, 0.1) is 0 Å². The predicted molar refractivity (Wildman–Crippen MR) is 79.1 cm³/mol. The van der Waals surface area contributed by atoms with Crippen LogP contribution in [0.1, 0.15) is 29.8 Å². The van der Waals surface area contributed by atoms with Crippen molar-refractivity contribution in [3.8, 4) is 5.75 Å². The van der Waals surface area contributed by atoms with Crippen LogP contribution in [0.15, 0.2) is 24.3 Å². The number of aromatic amines is 1. The molecule has 1 heterocycles. The molecule has 7 nitrogen and oxygen atoms in total. The molecule has 7 heteroatoms. The summed E-state index contributed by atoms with van der Waals surface area (Å²) >= 11 is 0. The Balaban J connectivity index is 1.73. The minimum Gasteiger partial charge on any atom is -0.492 e. The van der Waals surface area contributed by atoms with E-state index < -0.39 is 0 Å². The molecule has 4 N–H and O–H groups in total. The maximum Gasteiger partial charge on any atom is 0.291 e. The Kier molecular flexibility index (Phi) is 5.14. The molecule has 0 saturated carbocycles. The van der Waals surface area contributed by atoms with Gasteiger partial charge in [0.15, 0.2) is 0 Å². The van der Waals surface area contributed by atoms with Gasteiger partial charge in [-0.05, 0) is 18.6 Å². The average molecular weight is 289 g/mol. The van der Waals surface area contributed by atoms with Crippen molar-refractivity contribution in [3.63, 3.8) is 0 Å². The molecule has 112 valence electrons. The fraction of sp³-hybridized carbons (Fsp3) is 0.357. The Morgan fingerprint density at radius 3 is 3.10 bits per heavy atom. The molecule has 0 radical (unpaired) electrons. The molecule has 0 saturated heterocycles. The normalized spacial score (nSPS) is 10.3. The molecule has 2 rings (SSSR count). The molecule has 0 bridgehead atoms. The zero-order valence-electron chi connectivity index (χ0n) is 11.9. The molecule has 0 aliphatic rings. The number of carbonyl (C=O) groups excluding carboxylic acids is 1. The first-order chi connectivity index (χ1) is 10.2. The number of nitrogen functional groups attached to an aromatic ring is 1. The Hall–Kier alpha value is -2.57. The van der Waals surface area contributed by atoms with Crippen molar-refractivity contribution in [2.24, 2.45) is 0 Å². The van der Waals surface area contributed by atoms with Gasteiger partial charge in [-0.3, -0.25) is 9.89 Å². The number of anilines is 1. The minimum absolute atomic E-state index is 0.155. The smallest absolute Gasteiger partial charge is 0.291 e. The summed E-state index contributed by atoms with van der Waals surface area (Å²) in [7, 11) is 0. The number of aromatic nitrogens is 3. The van der Waals surface area contributed by atoms with E-state index in [1.807, 2.05) is 19.1 Å². The average Bonchev–Trinajstić information content (AvgIpc) is 2.93. The van der Waals surface area contributed by atoms with Crippen LogP contribution >= 0.6 is 0 Å². The quantitative estimate of drug-likeness (QED) is 0.523. The number of nitrogens with zero attached hydrogens (tertiary/aromatic N) is 2. The number of ether oxygens (including phenoxy) is 1. The number of hydrogen-bond donors (Lipinski definition) is 3. The van der Waals surface area contributed by atoms with Gasteiger partial charge in [0.05, 0.1) is 6.54 Å². The van der Waals surface area contributed by atoms with Crippen LogP contribution < -0.4 is 15.8 Å². The van der Waals surface area contributed by atoms with E-state index in [0.717, 1.165) is 18.7 Å². The number of amides is 1. The minimum atomic E-state index is -0.315. The molecule has 0 unspecified atom stereocenters. The highest BCUT2D eigenvalue weighted by Gasteiger charge is 2.11. The van der Waals surface area contributed by atoms with Crippen LogP contribution in [0.4, 0.5) is 5.69 Å². The van der Waals surface area contributed by atoms with E-state index in [4.69, 9.17) is 10.5 Å². The standard InChI is InChI=1S/C14H19N5O2/c1-2-4-12-17-13(19-18-12)14(20)16-7-8-21-11-6-3-5-10(15)9-11/h3,5-6,9H,2,4,7-8,15H2,1H3,(H,16,20)(H,17,18,19). The van der Waals surface area contributed by atoms with E-state index in [9.17, 15) is 4.79 Å². The van der Waals surface area contributed by atoms with Crippen LogP contribution in [-0.4, -0.2) is 34.2 Å². The molecule has 1 aromatic heterocycles. The van der Waals surface area contributed by atoms with Gasteiger partial charge < -0.3 is 15.8 Å². The third kappa shape index (κ3) is 4.48. The largest absolute Gasteiger partial charge is 0.492 e. The van der Waals surface area contributed by atoms with Crippen LogP contribution in [0.25, 0.3) is 0 Å². The number of H-pyrrole nitrogens is 1. The molecule has 2 aromatic rings. The fourth-order valence-corrected chi connectivity index (χ4v) is 1.76. The Bertz CT molecular complexity index is 597. The van der Waals surface area contributed by atoms with E-state index >= 15 is 0 Å². The van der Waals surface area contributed by atoms with E-state index in [1.165, 1.54) is 0 Å². The third-order valence-electron chi connectivity index (χ3n) is 2.74. The Morgan fingerprint density at radius 1 is 1.48 bits per heavy atom. The van der Waals surface area contributed by atoms with Gasteiger partial charge in [0.1, 0.15) is 18.2 Å². The van der Waals surface area contributed by atoms with Gasteiger partial charge in [0.25, 0.3) is 5.91 Å². The maximum atomic E-state index is 11.8. The number of carbonyl (C=O) groups is 1. The van der Waals surface area contributed by atoms with Crippen LogP contribution in [-0.2, 0) is 6.42 Å². The van der Waals surface area contributed by atoms with Crippen molar-refractivity contribution in [1.29, 1.82) is 0 Å². The van der Waals surface area contributed by atoms with Crippen molar-refractivity contribution in [1.82, 2.24) is 20.5 Å². The van der Waals surface area contributed by atoms with Crippen LogP contribution in [0.5, 0.6) is 5.75 Å². The number of benzene rings is 1. The molecule has 0 fully saturated rings. The summed E-state index contributed by atoms with van der Waals surface area (Å²) in [5, 5.41) is 9.32. The predicted octanol–water partition coefficient (Wildman–Crippen LogP) is 1.15. The van der Waals surface area contributed by atoms with Crippen molar-refractivity contribution in [2.45, 2.75) is 19.8 Å². The molecule has 0 aliphatic carbocycles. The summed E-state index contributed by atoms with van der Waals surface area (Å²) in [4.78, 5) is 15.9. The molecule has 1 amide bonds. The van der Waals surface area contributed by atoms with Crippen LogP contribution in [0.3, 0.4) is 0 Å². The topological polar surface area (TPSA) is 106 Å². The monoisotopic (exact) mass is 289 g/mol. The highest BCUT2D eigenvalue weighted by molar-refractivity contribution is 5.90. The van der Waals surface area contributed by atoms with Crippen molar-refractivity contribution in [2.75, 3.05) is 18.9 Å². The second-order valence-electron chi connectivity index (χ2n) is 4.53. The highest BCUT2D eigenvalue weighted by Crippen LogP contribution is 2.13. The second-order valence-corrected chi connectivity index (χ2v) is 4.53. The summed E-state index contributed by atoms with van der Waals surface area (Å²) in [6, 6.07) is 7.14. The number of nitrogens with one attached hydrogen (secondary N) is 2. The van der Waals surface area contributed by atoms with E-state index in [1.54, 1.807) is 12.1 Å². The third-order valence-corrected chi connectivity index (χ3v) is 2.74. The van der Waals surface area contributed by atoms with Gasteiger partial charge in [0, 0.05) is 18.2 Å². The molecule has 21 heavy (non-hydrogen) atoms. The first kappa shape index (κ1) is 14.8. The molecule has 0 aliphatic heterocycles. The molecule has 1 aromatic carbocycles. The molecule has 0 spiro atoms. The summed E-state index contributed by atoms with van der Waals surface area (Å²) in [6.07, 6.45) is 1.73. The van der Waals surface area contributed by atoms with Crippen LogP contribution in [0.2, 0.25) is 0 Å². The first-order valence-electron chi connectivity index (χ1n) is 6.87. The summed E-state index contributed by atoms with van der Waals surface area (Å²) in [6.45, 7) is 2.75. The maximum absolute atomic E-state index is 11.8. The zero-order valence-corrected chi connectivity index (χ0v) is 11.9. The van der Waals surface area contributed by atoms with Crippen molar-refractivity contribution in [3.05, 3.63) is 35.9 Å². The Labute approximate surface area is 122 Å².